The molecule has 5 heteroatoms. The average Bonchev–Trinajstić information content (AvgIpc) is 2.86. The number of methoxy groups -OCH3 is 1. The predicted molar refractivity (Wildman–Crippen MR) is 84.2 cm³/mol. The normalized spacial score (nSPS) is 12.6. The van der Waals surface area contributed by atoms with E-state index in [9.17, 15) is 0 Å². The Morgan fingerprint density at radius 2 is 2.21 bits per heavy atom. The molecule has 2 aromatic rings. The molecule has 1 unspecified atom stereocenters. The number of nitrogens with two attached hydrogens (primary N) is 1. The largest absolute Gasteiger partial charge is 0.497 e. The zero-order valence-electron chi connectivity index (χ0n) is 11.6. The Labute approximate surface area is 118 Å². The molecule has 1 heterocycles. The highest BCUT2D eigenvalue weighted by molar-refractivity contribution is 7.99. The van der Waals surface area contributed by atoms with Crippen molar-refractivity contribution in [3.05, 3.63) is 23.9 Å². The van der Waals surface area contributed by atoms with Crippen LogP contribution in [0.25, 0.3) is 10.9 Å². The molecule has 0 saturated carbocycles. The minimum atomic E-state index is 0.477. The van der Waals surface area contributed by atoms with Crippen molar-refractivity contribution in [3.63, 3.8) is 0 Å². The number of aromatic nitrogens is 1. The lowest BCUT2D eigenvalue weighted by atomic mass is 10.2. The molecule has 2 rings (SSSR count). The van der Waals surface area contributed by atoms with Gasteiger partial charge in [-0.05, 0) is 12.1 Å². The topological polar surface area (TPSA) is 63.1 Å². The van der Waals surface area contributed by atoms with Gasteiger partial charge in [0, 0.05) is 41.7 Å². The van der Waals surface area contributed by atoms with E-state index < -0.39 is 0 Å². The standard InChI is InChI=1S/C14H21N3OS/c1-9(7-15)19-8-11-4-10-5-12(18-3)6-13(16-2)14(10)17-11/h4-6,9,16-17H,7-8,15H2,1-3H3. The Bertz CT molecular complexity index is 553. The molecular weight excluding hydrogens is 258 g/mol. The molecule has 0 aliphatic heterocycles. The quantitative estimate of drug-likeness (QED) is 0.761. The monoisotopic (exact) mass is 279 g/mol. The summed E-state index contributed by atoms with van der Waals surface area (Å²) in [5, 5.41) is 4.84. The van der Waals surface area contributed by atoms with E-state index in [1.54, 1.807) is 7.11 Å². The number of thioether (sulfide) groups is 1. The van der Waals surface area contributed by atoms with Crippen LogP contribution in [0.4, 0.5) is 5.69 Å². The molecular formula is C14H21N3OS. The summed E-state index contributed by atoms with van der Waals surface area (Å²) in [7, 11) is 3.60. The average molecular weight is 279 g/mol. The van der Waals surface area contributed by atoms with Crippen molar-refractivity contribution in [3.8, 4) is 5.75 Å². The van der Waals surface area contributed by atoms with Crippen LogP contribution in [-0.2, 0) is 5.75 Å². The third-order valence-corrected chi connectivity index (χ3v) is 4.36. The van der Waals surface area contributed by atoms with E-state index in [0.717, 1.165) is 22.7 Å². The van der Waals surface area contributed by atoms with Crippen LogP contribution in [-0.4, -0.2) is 30.9 Å². The van der Waals surface area contributed by atoms with E-state index in [4.69, 9.17) is 10.5 Å². The van der Waals surface area contributed by atoms with E-state index in [-0.39, 0.29) is 0 Å². The van der Waals surface area contributed by atoms with Crippen LogP contribution in [0, 0.1) is 0 Å². The van der Waals surface area contributed by atoms with Crippen molar-refractivity contribution in [1.29, 1.82) is 0 Å². The zero-order chi connectivity index (χ0) is 13.8. The lowest BCUT2D eigenvalue weighted by Gasteiger charge is -2.06. The molecule has 104 valence electrons. The highest BCUT2D eigenvalue weighted by atomic mass is 32.2. The number of aromatic amines is 1. The predicted octanol–water partition coefficient (Wildman–Crippen LogP) is 2.80. The van der Waals surface area contributed by atoms with Gasteiger partial charge in [0.25, 0.3) is 0 Å². The summed E-state index contributed by atoms with van der Waals surface area (Å²) in [5.41, 5.74) is 9.03. The second-order valence-electron chi connectivity index (χ2n) is 4.54. The van der Waals surface area contributed by atoms with Gasteiger partial charge in [-0.15, -0.1) is 0 Å². The number of fused-ring (bicyclic) bond motifs is 1. The van der Waals surface area contributed by atoms with Crippen molar-refractivity contribution >= 4 is 28.4 Å². The summed E-state index contributed by atoms with van der Waals surface area (Å²) >= 11 is 1.86. The van der Waals surface area contributed by atoms with Gasteiger partial charge < -0.3 is 20.8 Å². The second kappa shape index (κ2) is 6.21. The van der Waals surface area contributed by atoms with Gasteiger partial charge >= 0.3 is 0 Å². The molecule has 0 amide bonds. The minimum absolute atomic E-state index is 0.477. The molecule has 0 fully saturated rings. The number of benzene rings is 1. The molecule has 4 N–H and O–H groups in total. The molecule has 0 bridgehead atoms. The molecule has 19 heavy (non-hydrogen) atoms. The molecule has 4 nitrogen and oxygen atoms in total. The van der Waals surface area contributed by atoms with Gasteiger partial charge in [-0.25, -0.2) is 0 Å². The number of anilines is 1. The molecule has 0 saturated heterocycles. The van der Waals surface area contributed by atoms with E-state index in [0.29, 0.717) is 11.8 Å². The van der Waals surface area contributed by atoms with Crippen molar-refractivity contribution in [2.75, 3.05) is 26.0 Å². The minimum Gasteiger partial charge on any atom is -0.497 e. The van der Waals surface area contributed by atoms with E-state index >= 15 is 0 Å². The highest BCUT2D eigenvalue weighted by Gasteiger charge is 2.09. The third kappa shape index (κ3) is 3.16. The fourth-order valence-corrected chi connectivity index (χ4v) is 2.72. The van der Waals surface area contributed by atoms with Gasteiger partial charge in [-0.1, -0.05) is 6.92 Å². The molecule has 1 atom stereocenters. The first-order valence-corrected chi connectivity index (χ1v) is 7.41. The summed E-state index contributed by atoms with van der Waals surface area (Å²) in [4.78, 5) is 3.47. The maximum atomic E-state index is 5.64. The molecule has 0 spiro atoms. The number of rotatable bonds is 6. The fourth-order valence-electron chi connectivity index (χ4n) is 1.97. The van der Waals surface area contributed by atoms with Crippen LogP contribution in [0.5, 0.6) is 5.75 Å². The van der Waals surface area contributed by atoms with Gasteiger partial charge in [0.1, 0.15) is 5.75 Å². The van der Waals surface area contributed by atoms with Crippen molar-refractivity contribution < 1.29 is 4.74 Å². The highest BCUT2D eigenvalue weighted by Crippen LogP contribution is 2.30. The van der Waals surface area contributed by atoms with Gasteiger partial charge in [0.05, 0.1) is 18.3 Å². The molecule has 1 aromatic carbocycles. The summed E-state index contributed by atoms with van der Waals surface area (Å²) in [6.45, 7) is 2.86. The van der Waals surface area contributed by atoms with E-state index in [1.807, 2.05) is 30.9 Å². The first-order valence-electron chi connectivity index (χ1n) is 6.37. The van der Waals surface area contributed by atoms with Gasteiger partial charge in [0.2, 0.25) is 0 Å². The number of nitrogens with one attached hydrogen (secondary N) is 2. The van der Waals surface area contributed by atoms with Crippen molar-refractivity contribution in [2.45, 2.75) is 17.9 Å². The first kappa shape index (κ1) is 14.1. The molecule has 0 aliphatic carbocycles. The Kier molecular flexibility index (Phi) is 4.61. The van der Waals surface area contributed by atoms with Crippen LogP contribution in [0.15, 0.2) is 18.2 Å². The van der Waals surface area contributed by atoms with Gasteiger partial charge in [0.15, 0.2) is 0 Å². The SMILES string of the molecule is CNc1cc(OC)cc2cc(CSC(C)CN)[nH]c12. The molecule has 1 aromatic heterocycles. The number of ether oxygens (including phenoxy) is 1. The van der Waals surface area contributed by atoms with E-state index in [1.165, 1.54) is 11.1 Å². The lowest BCUT2D eigenvalue weighted by Crippen LogP contribution is -2.12. The summed E-state index contributed by atoms with van der Waals surface area (Å²) in [5.74, 6) is 1.81. The van der Waals surface area contributed by atoms with Crippen LogP contribution < -0.4 is 15.8 Å². The van der Waals surface area contributed by atoms with Crippen LogP contribution >= 0.6 is 11.8 Å². The van der Waals surface area contributed by atoms with Crippen molar-refractivity contribution in [1.82, 2.24) is 4.98 Å². The molecule has 0 radical (unpaired) electrons. The van der Waals surface area contributed by atoms with Crippen LogP contribution in [0.3, 0.4) is 0 Å². The summed E-state index contributed by atoms with van der Waals surface area (Å²) in [6, 6.07) is 6.22. The zero-order valence-corrected chi connectivity index (χ0v) is 12.4. The number of H-pyrrole nitrogens is 1. The van der Waals surface area contributed by atoms with Crippen molar-refractivity contribution in [2.24, 2.45) is 5.73 Å². The summed E-state index contributed by atoms with van der Waals surface area (Å²) < 4.78 is 5.31. The molecule has 0 aliphatic rings. The number of hydrogen-bond donors (Lipinski definition) is 3. The fraction of sp³-hybridized carbons (Fsp3) is 0.429. The third-order valence-electron chi connectivity index (χ3n) is 3.12. The lowest BCUT2D eigenvalue weighted by molar-refractivity contribution is 0.415. The van der Waals surface area contributed by atoms with Crippen LogP contribution in [0.1, 0.15) is 12.6 Å². The number of hydrogen-bond acceptors (Lipinski definition) is 4. The second-order valence-corrected chi connectivity index (χ2v) is 5.97. The maximum Gasteiger partial charge on any atom is 0.121 e. The maximum absolute atomic E-state index is 5.64. The van der Waals surface area contributed by atoms with Crippen LogP contribution in [0.2, 0.25) is 0 Å². The smallest absolute Gasteiger partial charge is 0.121 e. The van der Waals surface area contributed by atoms with Gasteiger partial charge in [-0.3, -0.25) is 0 Å². The Hall–Kier alpha value is -1.33. The van der Waals surface area contributed by atoms with E-state index in [2.05, 4.69) is 23.3 Å². The first-order chi connectivity index (χ1) is 9.17. The van der Waals surface area contributed by atoms with Gasteiger partial charge in [-0.2, -0.15) is 11.8 Å². The Morgan fingerprint density at radius 3 is 2.84 bits per heavy atom. The Morgan fingerprint density at radius 1 is 1.42 bits per heavy atom. The summed E-state index contributed by atoms with van der Waals surface area (Å²) in [6.07, 6.45) is 0. The Balaban J connectivity index is 2.28.